The van der Waals surface area contributed by atoms with Gasteiger partial charge in [0.25, 0.3) is 5.91 Å². The average molecular weight is 214 g/mol. The van der Waals surface area contributed by atoms with Crippen molar-refractivity contribution in [2.45, 2.75) is 13.0 Å². The van der Waals surface area contributed by atoms with Crippen molar-refractivity contribution in [3.8, 4) is 0 Å². The Morgan fingerprint density at radius 1 is 1.67 bits per heavy atom. The molecule has 0 aliphatic rings. The molecule has 7 nitrogen and oxygen atoms in total. The fraction of sp³-hybridized carbons (Fsp3) is 0.625. The second kappa shape index (κ2) is 4.74. The molecule has 0 fully saturated rings. The Labute approximate surface area is 87.1 Å². The van der Waals surface area contributed by atoms with E-state index in [1.54, 1.807) is 14.2 Å². The van der Waals surface area contributed by atoms with E-state index in [1.165, 1.54) is 4.90 Å². The van der Waals surface area contributed by atoms with Gasteiger partial charge < -0.3 is 15.4 Å². The first-order valence-electron chi connectivity index (χ1n) is 4.42. The van der Waals surface area contributed by atoms with Gasteiger partial charge in [-0.1, -0.05) is 0 Å². The van der Waals surface area contributed by atoms with Gasteiger partial charge in [0.2, 0.25) is 11.5 Å². The second-order valence-corrected chi connectivity index (χ2v) is 3.23. The van der Waals surface area contributed by atoms with Gasteiger partial charge in [0.05, 0.1) is 6.10 Å². The molecule has 0 bridgehead atoms. The van der Waals surface area contributed by atoms with Crippen molar-refractivity contribution in [2.75, 3.05) is 26.4 Å². The van der Waals surface area contributed by atoms with Crippen LogP contribution in [-0.2, 0) is 4.74 Å². The molecule has 1 amide bonds. The minimum atomic E-state index is -0.336. The smallest absolute Gasteiger partial charge is 0.279 e. The zero-order chi connectivity index (χ0) is 11.4. The van der Waals surface area contributed by atoms with Gasteiger partial charge in [0, 0.05) is 20.7 Å². The van der Waals surface area contributed by atoms with Crippen molar-refractivity contribution in [1.29, 1.82) is 0 Å². The van der Waals surface area contributed by atoms with Gasteiger partial charge in [-0.15, -0.1) is 0 Å². The Kier molecular flexibility index (Phi) is 3.62. The van der Waals surface area contributed by atoms with Gasteiger partial charge in [-0.3, -0.25) is 4.79 Å². The molecule has 0 spiro atoms. The van der Waals surface area contributed by atoms with Gasteiger partial charge >= 0.3 is 0 Å². The summed E-state index contributed by atoms with van der Waals surface area (Å²) in [5.41, 5.74) is 5.42. The first-order valence-corrected chi connectivity index (χ1v) is 4.42. The van der Waals surface area contributed by atoms with Crippen LogP contribution in [0, 0.1) is 0 Å². The molecular formula is C8H14N4O3. The number of nitrogen functional groups attached to an aromatic ring is 1. The molecule has 0 aliphatic heterocycles. The molecule has 1 aromatic heterocycles. The van der Waals surface area contributed by atoms with Crippen LogP contribution in [0.3, 0.4) is 0 Å². The third kappa shape index (κ3) is 2.66. The third-order valence-electron chi connectivity index (χ3n) is 2.00. The number of likely N-dealkylation sites (N-methyl/N-ethyl adjacent to an activating group) is 1. The number of methoxy groups -OCH3 is 1. The Morgan fingerprint density at radius 2 is 2.33 bits per heavy atom. The number of amides is 1. The summed E-state index contributed by atoms with van der Waals surface area (Å²) >= 11 is 0. The van der Waals surface area contributed by atoms with Crippen LogP contribution in [-0.4, -0.2) is 47.9 Å². The number of ether oxygens (including phenoxy) is 1. The molecule has 1 rings (SSSR count). The number of rotatable bonds is 4. The number of nitrogens with zero attached hydrogens (tertiary/aromatic N) is 3. The summed E-state index contributed by atoms with van der Waals surface area (Å²) in [5.74, 6) is -0.338. The van der Waals surface area contributed by atoms with Gasteiger partial charge in [0.15, 0.2) is 0 Å². The SMILES string of the molecule is CO[C@H](C)CN(C)C(=O)c1nonc1N. The Bertz CT molecular complexity index is 338. The molecule has 1 aromatic rings. The molecule has 1 atom stereocenters. The fourth-order valence-electron chi connectivity index (χ4n) is 1.07. The Balaban J connectivity index is 2.65. The summed E-state index contributed by atoms with van der Waals surface area (Å²) in [6.07, 6.45) is -0.0555. The maximum atomic E-state index is 11.7. The van der Waals surface area contributed by atoms with E-state index in [4.69, 9.17) is 10.5 Å². The van der Waals surface area contributed by atoms with Gasteiger partial charge in [-0.2, -0.15) is 0 Å². The number of anilines is 1. The van der Waals surface area contributed by atoms with Crippen molar-refractivity contribution >= 4 is 11.7 Å². The van der Waals surface area contributed by atoms with Crippen molar-refractivity contribution in [2.24, 2.45) is 0 Å². The fourth-order valence-corrected chi connectivity index (χ4v) is 1.07. The van der Waals surface area contributed by atoms with Crippen LogP contribution >= 0.6 is 0 Å². The van der Waals surface area contributed by atoms with Crippen molar-refractivity contribution < 1.29 is 14.2 Å². The first kappa shape index (κ1) is 11.4. The van der Waals surface area contributed by atoms with Crippen LogP contribution in [0.4, 0.5) is 5.82 Å². The number of hydrogen-bond acceptors (Lipinski definition) is 6. The largest absolute Gasteiger partial charge is 0.380 e. The quantitative estimate of drug-likeness (QED) is 0.743. The zero-order valence-corrected chi connectivity index (χ0v) is 8.93. The summed E-state index contributed by atoms with van der Waals surface area (Å²) in [7, 11) is 3.21. The number of carbonyl (C=O) groups is 1. The minimum absolute atomic E-state index is 0.00285. The highest BCUT2D eigenvalue weighted by molar-refractivity contribution is 5.95. The van der Waals surface area contributed by atoms with Crippen LogP contribution in [0.15, 0.2) is 4.63 Å². The Morgan fingerprint density at radius 3 is 2.80 bits per heavy atom. The highest BCUT2D eigenvalue weighted by Gasteiger charge is 2.21. The number of nitrogens with two attached hydrogens (primary N) is 1. The highest BCUT2D eigenvalue weighted by Crippen LogP contribution is 2.07. The summed E-state index contributed by atoms with van der Waals surface area (Å²) in [5, 5.41) is 6.76. The second-order valence-electron chi connectivity index (χ2n) is 3.23. The van der Waals surface area contributed by atoms with E-state index in [0.29, 0.717) is 6.54 Å². The van der Waals surface area contributed by atoms with E-state index in [2.05, 4.69) is 14.9 Å². The standard InChI is InChI=1S/C8H14N4O3/c1-5(14-3)4-12(2)8(13)6-7(9)11-15-10-6/h5H,4H2,1-3H3,(H2,9,11)/t5-/m1/s1. The average Bonchev–Trinajstić information content (AvgIpc) is 2.63. The van der Waals surface area contributed by atoms with E-state index in [-0.39, 0.29) is 23.5 Å². The van der Waals surface area contributed by atoms with Crippen molar-refractivity contribution in [3.63, 3.8) is 0 Å². The predicted octanol–water partition coefficient (Wildman–Crippen LogP) is -0.241. The molecule has 84 valence electrons. The highest BCUT2D eigenvalue weighted by atomic mass is 16.6. The third-order valence-corrected chi connectivity index (χ3v) is 2.00. The van der Waals surface area contributed by atoms with E-state index in [1.807, 2.05) is 6.92 Å². The molecule has 0 saturated carbocycles. The monoisotopic (exact) mass is 214 g/mol. The summed E-state index contributed by atoms with van der Waals surface area (Å²) in [4.78, 5) is 13.2. The minimum Gasteiger partial charge on any atom is -0.380 e. The lowest BCUT2D eigenvalue weighted by Gasteiger charge is -2.19. The summed E-state index contributed by atoms with van der Waals surface area (Å²) in [6, 6.07) is 0. The molecule has 0 unspecified atom stereocenters. The Hall–Kier alpha value is -1.63. The topological polar surface area (TPSA) is 94.5 Å². The summed E-state index contributed by atoms with van der Waals surface area (Å²) < 4.78 is 9.38. The van der Waals surface area contributed by atoms with E-state index < -0.39 is 0 Å². The van der Waals surface area contributed by atoms with Crippen LogP contribution < -0.4 is 5.73 Å². The van der Waals surface area contributed by atoms with Crippen molar-refractivity contribution in [1.82, 2.24) is 15.2 Å². The molecule has 0 aromatic carbocycles. The molecule has 15 heavy (non-hydrogen) atoms. The van der Waals surface area contributed by atoms with Crippen LogP contribution in [0.5, 0.6) is 0 Å². The first-order chi connectivity index (χ1) is 7.06. The lowest BCUT2D eigenvalue weighted by Crippen LogP contribution is -2.34. The van der Waals surface area contributed by atoms with Gasteiger partial charge in [-0.05, 0) is 17.2 Å². The number of hydrogen-bond donors (Lipinski definition) is 1. The van der Waals surface area contributed by atoms with E-state index in [0.717, 1.165) is 0 Å². The summed E-state index contributed by atoms with van der Waals surface area (Å²) in [6.45, 7) is 2.30. The maximum Gasteiger partial charge on any atom is 0.279 e. The molecule has 2 N–H and O–H groups in total. The molecular weight excluding hydrogens is 200 g/mol. The molecule has 1 heterocycles. The molecule has 0 saturated heterocycles. The normalized spacial score (nSPS) is 12.5. The predicted molar refractivity (Wildman–Crippen MR) is 52.1 cm³/mol. The number of aromatic nitrogens is 2. The maximum absolute atomic E-state index is 11.7. The van der Waals surface area contributed by atoms with Gasteiger partial charge in [0.1, 0.15) is 0 Å². The lowest BCUT2D eigenvalue weighted by atomic mass is 10.3. The molecule has 7 heteroatoms. The number of carbonyl (C=O) groups excluding carboxylic acids is 1. The zero-order valence-electron chi connectivity index (χ0n) is 8.93. The van der Waals surface area contributed by atoms with Crippen LogP contribution in [0.1, 0.15) is 17.4 Å². The molecule has 0 radical (unpaired) electrons. The van der Waals surface area contributed by atoms with Crippen molar-refractivity contribution in [3.05, 3.63) is 5.69 Å². The van der Waals surface area contributed by atoms with Gasteiger partial charge in [-0.25, -0.2) is 4.63 Å². The molecule has 0 aliphatic carbocycles. The van der Waals surface area contributed by atoms with E-state index >= 15 is 0 Å². The van der Waals surface area contributed by atoms with E-state index in [9.17, 15) is 4.79 Å². The lowest BCUT2D eigenvalue weighted by molar-refractivity contribution is 0.0592. The van der Waals surface area contributed by atoms with Crippen LogP contribution in [0.2, 0.25) is 0 Å². The van der Waals surface area contributed by atoms with Crippen LogP contribution in [0.25, 0.3) is 0 Å².